The van der Waals surface area contributed by atoms with Crippen LogP contribution in [0.25, 0.3) is 0 Å². The number of rotatable bonds is 3. The van der Waals surface area contributed by atoms with Gasteiger partial charge in [0.15, 0.2) is 0 Å². The van der Waals surface area contributed by atoms with Crippen molar-refractivity contribution in [2.24, 2.45) is 0 Å². The van der Waals surface area contributed by atoms with Crippen LogP contribution in [0.15, 0.2) is 35.7 Å². The second-order valence-corrected chi connectivity index (χ2v) is 6.07. The molecule has 0 radical (unpaired) electrons. The maximum Gasteiger partial charge on any atom is 0.328 e. The molecule has 0 bridgehead atoms. The Hall–Kier alpha value is -1.68. The summed E-state index contributed by atoms with van der Waals surface area (Å²) in [6.07, 6.45) is 4.73. The number of fused-ring (bicyclic) bond motifs is 1. The van der Waals surface area contributed by atoms with Gasteiger partial charge < -0.3 is 15.0 Å². The van der Waals surface area contributed by atoms with Crippen LogP contribution in [0.5, 0.6) is 0 Å². The first-order valence-corrected chi connectivity index (χ1v) is 8.17. The number of allylic oxidation sites excluding steroid dienone is 1. The van der Waals surface area contributed by atoms with Crippen molar-refractivity contribution < 1.29 is 9.53 Å². The van der Waals surface area contributed by atoms with Crippen LogP contribution >= 0.6 is 12.4 Å². The molecule has 1 unspecified atom stereocenters. The lowest BCUT2D eigenvalue weighted by atomic mass is 9.95. The first-order valence-electron chi connectivity index (χ1n) is 8.17. The highest BCUT2D eigenvalue weighted by Crippen LogP contribution is 2.34. The second-order valence-electron chi connectivity index (χ2n) is 6.07. The Bertz CT molecular complexity index is 600. The van der Waals surface area contributed by atoms with Crippen LogP contribution in [0.3, 0.4) is 0 Å². The summed E-state index contributed by atoms with van der Waals surface area (Å²) in [5.74, 6) is 0.970. The van der Waals surface area contributed by atoms with Crippen LogP contribution in [0.1, 0.15) is 38.2 Å². The van der Waals surface area contributed by atoms with E-state index in [-0.39, 0.29) is 24.4 Å². The number of carbonyl (C=O) groups is 1. The molecule has 0 fully saturated rings. The molecule has 5 heteroatoms. The van der Waals surface area contributed by atoms with E-state index >= 15 is 0 Å². The van der Waals surface area contributed by atoms with Gasteiger partial charge in [0.2, 0.25) is 0 Å². The van der Waals surface area contributed by atoms with Crippen LogP contribution in [-0.2, 0) is 16.0 Å². The fraction of sp³-hybridized carbons (Fsp3) is 0.500. The van der Waals surface area contributed by atoms with E-state index in [2.05, 4.69) is 41.5 Å². The van der Waals surface area contributed by atoms with Gasteiger partial charge >= 0.3 is 5.97 Å². The van der Waals surface area contributed by atoms with Gasteiger partial charge in [-0.3, -0.25) is 0 Å². The van der Waals surface area contributed by atoms with E-state index in [1.165, 1.54) is 16.8 Å². The van der Waals surface area contributed by atoms with Gasteiger partial charge in [0, 0.05) is 12.7 Å². The molecule has 0 saturated carbocycles. The smallest absolute Gasteiger partial charge is 0.328 e. The average Bonchev–Trinajstić information content (AvgIpc) is 2.75. The summed E-state index contributed by atoms with van der Waals surface area (Å²) in [5, 5.41) is 3.45. The van der Waals surface area contributed by atoms with Gasteiger partial charge in [0.1, 0.15) is 11.9 Å². The number of benzene rings is 1. The number of esters is 1. The fourth-order valence-corrected chi connectivity index (χ4v) is 3.30. The summed E-state index contributed by atoms with van der Waals surface area (Å²) in [5.41, 5.74) is 3.97. The molecule has 1 N–H and O–H groups in total. The predicted molar refractivity (Wildman–Crippen MR) is 94.8 cm³/mol. The minimum absolute atomic E-state index is 0. The number of hydrogen-bond acceptors (Lipinski definition) is 4. The lowest BCUT2D eigenvalue weighted by Crippen LogP contribution is -2.42. The monoisotopic (exact) mass is 336 g/mol. The zero-order chi connectivity index (χ0) is 15.5. The van der Waals surface area contributed by atoms with E-state index in [0.717, 1.165) is 37.9 Å². The first kappa shape index (κ1) is 17.7. The molecule has 2 aliphatic heterocycles. The van der Waals surface area contributed by atoms with Crippen molar-refractivity contribution in [3.63, 3.8) is 0 Å². The van der Waals surface area contributed by atoms with Gasteiger partial charge in [-0.2, -0.15) is 0 Å². The second kappa shape index (κ2) is 7.73. The van der Waals surface area contributed by atoms with Gasteiger partial charge in [-0.1, -0.05) is 25.1 Å². The predicted octanol–water partition coefficient (Wildman–Crippen LogP) is 3.41. The summed E-state index contributed by atoms with van der Waals surface area (Å²) < 4.78 is 5.33. The van der Waals surface area contributed by atoms with Crippen molar-refractivity contribution in [2.45, 2.75) is 45.1 Å². The highest BCUT2D eigenvalue weighted by molar-refractivity contribution is 5.85. The molecule has 0 aromatic heterocycles. The Morgan fingerprint density at radius 1 is 1.39 bits per heavy atom. The number of nitrogens with one attached hydrogen (secondary N) is 1. The molecule has 2 heterocycles. The van der Waals surface area contributed by atoms with Gasteiger partial charge in [0.25, 0.3) is 0 Å². The maximum absolute atomic E-state index is 12.2. The minimum Gasteiger partial charge on any atom is -0.464 e. The molecule has 4 nitrogen and oxygen atoms in total. The highest BCUT2D eigenvalue weighted by atomic mass is 35.5. The topological polar surface area (TPSA) is 41.6 Å². The molecule has 23 heavy (non-hydrogen) atoms. The Morgan fingerprint density at radius 2 is 2.17 bits per heavy atom. The van der Waals surface area contributed by atoms with Gasteiger partial charge in [-0.05, 0) is 49.3 Å². The van der Waals surface area contributed by atoms with Crippen LogP contribution in [0, 0.1) is 0 Å². The lowest BCUT2D eigenvalue weighted by Gasteiger charge is -2.33. The summed E-state index contributed by atoms with van der Waals surface area (Å²) in [6.45, 7) is 2.52. The molecule has 0 amide bonds. The van der Waals surface area contributed by atoms with Gasteiger partial charge in [-0.25, -0.2) is 4.79 Å². The normalized spacial score (nSPS) is 19.7. The zero-order valence-electron chi connectivity index (χ0n) is 13.8. The van der Waals surface area contributed by atoms with E-state index in [1.54, 1.807) is 0 Å². The lowest BCUT2D eigenvalue weighted by molar-refractivity contribution is -0.146. The van der Waals surface area contributed by atoms with E-state index in [4.69, 9.17) is 4.74 Å². The Balaban J connectivity index is 0.00000192. The molecule has 1 atom stereocenters. The fourth-order valence-electron chi connectivity index (χ4n) is 3.30. The number of ether oxygens (including phenoxy) is 1. The third kappa shape index (κ3) is 3.63. The van der Waals surface area contributed by atoms with Crippen molar-refractivity contribution in [1.29, 1.82) is 0 Å². The first-order chi connectivity index (χ1) is 10.7. The number of anilines is 1. The van der Waals surface area contributed by atoms with E-state index < -0.39 is 0 Å². The number of para-hydroxylation sites is 1. The van der Waals surface area contributed by atoms with Crippen molar-refractivity contribution in [2.75, 3.05) is 18.6 Å². The van der Waals surface area contributed by atoms with Gasteiger partial charge in [-0.15, -0.1) is 12.4 Å². The van der Waals surface area contributed by atoms with E-state index in [9.17, 15) is 4.79 Å². The molecule has 0 spiro atoms. The van der Waals surface area contributed by atoms with Crippen molar-refractivity contribution in [3.8, 4) is 0 Å². The molecule has 3 rings (SSSR count). The summed E-state index contributed by atoms with van der Waals surface area (Å²) in [6, 6.07) is 8.24. The molecular weight excluding hydrogens is 312 g/mol. The number of halogens is 1. The summed E-state index contributed by atoms with van der Waals surface area (Å²) >= 11 is 0. The zero-order valence-corrected chi connectivity index (χ0v) is 14.6. The summed E-state index contributed by atoms with van der Waals surface area (Å²) in [4.78, 5) is 14.4. The Kier molecular flexibility index (Phi) is 5.94. The van der Waals surface area contributed by atoms with Crippen molar-refractivity contribution in [1.82, 2.24) is 5.32 Å². The molecule has 1 aromatic carbocycles. The molecule has 0 saturated heterocycles. The standard InChI is InChI=1S/C18H24N2O2.ClH/c1-3-11-22-18(21)15-9-6-8-14-12-13-7-4-5-10-16(13)20(2)17(14)19-15;/h4-5,7,10,15,19H,3,6,8-9,11-12H2,1-2H3;1H. The van der Waals surface area contributed by atoms with Crippen molar-refractivity contribution >= 4 is 24.1 Å². The largest absolute Gasteiger partial charge is 0.464 e. The molecule has 1 aromatic rings. The Labute approximate surface area is 144 Å². The average molecular weight is 337 g/mol. The molecule has 2 aliphatic rings. The van der Waals surface area contributed by atoms with Crippen LogP contribution in [0.4, 0.5) is 5.69 Å². The maximum atomic E-state index is 12.2. The number of nitrogens with zero attached hydrogens (tertiary/aromatic N) is 1. The minimum atomic E-state index is -0.230. The molecule has 126 valence electrons. The highest BCUT2D eigenvalue weighted by Gasteiger charge is 2.30. The van der Waals surface area contributed by atoms with E-state index in [0.29, 0.717) is 6.61 Å². The number of hydrogen-bond donors (Lipinski definition) is 1. The van der Waals surface area contributed by atoms with E-state index in [1.807, 2.05) is 6.92 Å². The molecular formula is C18H25ClN2O2. The van der Waals surface area contributed by atoms with Crippen molar-refractivity contribution in [3.05, 3.63) is 41.2 Å². The Morgan fingerprint density at radius 3 is 2.96 bits per heavy atom. The third-order valence-corrected chi connectivity index (χ3v) is 4.44. The quantitative estimate of drug-likeness (QED) is 0.859. The van der Waals surface area contributed by atoms with Crippen LogP contribution in [0.2, 0.25) is 0 Å². The number of carbonyl (C=O) groups excluding carboxylic acids is 1. The SMILES string of the molecule is CCCOC(=O)C1CCCC2=C(N1)N(C)c1ccccc1C2.Cl. The summed E-state index contributed by atoms with van der Waals surface area (Å²) in [7, 11) is 2.07. The third-order valence-electron chi connectivity index (χ3n) is 4.44. The van der Waals surface area contributed by atoms with Gasteiger partial charge in [0.05, 0.1) is 6.61 Å². The van der Waals surface area contributed by atoms with Crippen LogP contribution in [-0.4, -0.2) is 25.7 Å². The molecule has 0 aliphatic carbocycles. The van der Waals surface area contributed by atoms with Crippen LogP contribution < -0.4 is 10.2 Å².